The van der Waals surface area contributed by atoms with Crippen LogP contribution in [0, 0.1) is 11.8 Å². The number of fused-ring (bicyclic) bond motifs is 1. The van der Waals surface area contributed by atoms with Gasteiger partial charge in [-0.05, 0) is 63.2 Å². The normalized spacial score (nSPS) is 27.3. The maximum Gasteiger partial charge on any atom is 0.436 e. The molecule has 0 bridgehead atoms. The van der Waals surface area contributed by atoms with E-state index >= 15 is 0 Å². The fourth-order valence-corrected chi connectivity index (χ4v) is 6.89. The number of hydrogen-bond acceptors (Lipinski definition) is 6. The molecular weight excluding hydrogens is 508 g/mol. The summed E-state index contributed by atoms with van der Waals surface area (Å²) in [7, 11) is 2.11. The van der Waals surface area contributed by atoms with E-state index in [4.69, 9.17) is 9.57 Å². The number of ether oxygens (including phenoxy) is 1. The molecule has 1 aliphatic carbocycles. The lowest BCUT2D eigenvalue weighted by Crippen LogP contribution is -2.74. The Bertz CT molecular complexity index is 1020. The molecular formula is C31H46N4O5. The van der Waals surface area contributed by atoms with E-state index in [-0.39, 0.29) is 36.9 Å². The largest absolute Gasteiger partial charge is 0.443 e. The van der Waals surface area contributed by atoms with Gasteiger partial charge in [0.15, 0.2) is 12.3 Å². The van der Waals surface area contributed by atoms with Gasteiger partial charge in [-0.3, -0.25) is 14.4 Å². The van der Waals surface area contributed by atoms with Gasteiger partial charge in [-0.1, -0.05) is 76.3 Å². The Morgan fingerprint density at radius 1 is 1.00 bits per heavy atom. The average Bonchev–Trinajstić information content (AvgIpc) is 2.96. The summed E-state index contributed by atoms with van der Waals surface area (Å²) < 4.78 is 5.73. The summed E-state index contributed by atoms with van der Waals surface area (Å²) >= 11 is 0. The number of rotatable bonds is 7. The van der Waals surface area contributed by atoms with Crippen molar-refractivity contribution in [3.63, 3.8) is 0 Å². The smallest absolute Gasteiger partial charge is 0.436 e. The zero-order chi connectivity index (χ0) is 28.2. The van der Waals surface area contributed by atoms with Crippen LogP contribution in [-0.4, -0.2) is 88.7 Å². The summed E-state index contributed by atoms with van der Waals surface area (Å²) in [4.78, 5) is 54.0. The zero-order valence-electron chi connectivity index (χ0n) is 24.4. The van der Waals surface area contributed by atoms with Crippen molar-refractivity contribution in [2.75, 3.05) is 26.7 Å². The fraction of sp³-hybridized carbons (Fsp3) is 0.710. The standard InChI is InChI=1S/C31H46N4O5/c1-22(2)18-27-30(37)34-26(19-23-10-6-4-7-11-23)29(36)33(25-14-16-32(3)17-15-25)20-28(34)35(40-27)31(38)39-21-24-12-8-5-9-13-24/h5,8-9,12-13,22-23,25-28H,4,6-7,10-11,14-21H2,1-3H3/t26-,27+,28-/m0/s1. The van der Waals surface area contributed by atoms with Crippen LogP contribution in [0.5, 0.6) is 0 Å². The molecule has 0 N–H and O–H groups in total. The number of benzene rings is 1. The van der Waals surface area contributed by atoms with Crippen molar-refractivity contribution >= 4 is 17.9 Å². The van der Waals surface area contributed by atoms with Crippen LogP contribution in [0.15, 0.2) is 30.3 Å². The van der Waals surface area contributed by atoms with Crippen LogP contribution in [0.4, 0.5) is 4.79 Å². The first-order valence-electron chi connectivity index (χ1n) is 15.3. The maximum atomic E-state index is 14.2. The summed E-state index contributed by atoms with van der Waals surface area (Å²) in [6.45, 7) is 6.26. The molecule has 220 valence electrons. The number of piperazine rings is 1. The number of likely N-dealkylation sites (tertiary alicyclic amines) is 1. The molecule has 3 amide bonds. The Hall–Kier alpha value is -2.65. The lowest BCUT2D eigenvalue weighted by atomic mass is 9.83. The van der Waals surface area contributed by atoms with Crippen molar-refractivity contribution in [2.45, 2.75) is 103 Å². The summed E-state index contributed by atoms with van der Waals surface area (Å²) in [5.74, 6) is 0.440. The van der Waals surface area contributed by atoms with Gasteiger partial charge in [0, 0.05) is 6.04 Å². The Morgan fingerprint density at radius 2 is 1.70 bits per heavy atom. The summed E-state index contributed by atoms with van der Waals surface area (Å²) in [6, 6.07) is 9.04. The van der Waals surface area contributed by atoms with E-state index in [1.165, 1.54) is 24.3 Å². The van der Waals surface area contributed by atoms with Crippen LogP contribution >= 0.6 is 0 Å². The summed E-state index contributed by atoms with van der Waals surface area (Å²) in [5.41, 5.74) is 0.876. The molecule has 0 aromatic heterocycles. The van der Waals surface area contributed by atoms with Gasteiger partial charge in [-0.25, -0.2) is 4.79 Å². The molecule has 4 fully saturated rings. The van der Waals surface area contributed by atoms with Gasteiger partial charge in [-0.2, -0.15) is 5.06 Å². The molecule has 0 spiro atoms. The highest BCUT2D eigenvalue weighted by Crippen LogP contribution is 2.37. The second-order valence-electron chi connectivity index (χ2n) is 12.6. The quantitative estimate of drug-likeness (QED) is 0.497. The minimum atomic E-state index is -0.822. The molecule has 4 aliphatic rings. The predicted molar refractivity (Wildman–Crippen MR) is 151 cm³/mol. The average molecular weight is 555 g/mol. The van der Waals surface area contributed by atoms with E-state index < -0.39 is 24.4 Å². The van der Waals surface area contributed by atoms with Gasteiger partial charge in [0.05, 0.1) is 6.54 Å². The van der Waals surface area contributed by atoms with Gasteiger partial charge in [0.1, 0.15) is 12.6 Å². The van der Waals surface area contributed by atoms with Gasteiger partial charge in [0.25, 0.3) is 5.91 Å². The van der Waals surface area contributed by atoms with Gasteiger partial charge in [0.2, 0.25) is 5.91 Å². The number of carbonyl (C=O) groups excluding carboxylic acids is 3. The molecule has 40 heavy (non-hydrogen) atoms. The van der Waals surface area contributed by atoms with E-state index in [1.807, 2.05) is 49.1 Å². The Kier molecular flexibility index (Phi) is 9.31. The zero-order valence-corrected chi connectivity index (χ0v) is 24.4. The summed E-state index contributed by atoms with van der Waals surface area (Å²) in [6.07, 6.45) is 6.46. The SMILES string of the molecule is CC(C)C[C@H]1ON(C(=O)OCc2ccccc2)[C@H]2CN(C3CCN(C)CC3)C(=O)[C@H](CC3CCCCC3)N2C1=O. The molecule has 3 heterocycles. The molecule has 9 nitrogen and oxygen atoms in total. The van der Waals surface area contributed by atoms with Crippen LogP contribution in [0.2, 0.25) is 0 Å². The van der Waals surface area contributed by atoms with Crippen molar-refractivity contribution in [3.05, 3.63) is 35.9 Å². The van der Waals surface area contributed by atoms with Gasteiger partial charge < -0.3 is 19.4 Å². The highest BCUT2D eigenvalue weighted by atomic mass is 16.7. The molecule has 5 rings (SSSR count). The van der Waals surface area contributed by atoms with Crippen LogP contribution in [0.1, 0.15) is 77.2 Å². The Balaban J connectivity index is 1.44. The van der Waals surface area contributed by atoms with Crippen molar-refractivity contribution in [1.29, 1.82) is 0 Å². The predicted octanol–water partition coefficient (Wildman–Crippen LogP) is 4.42. The first kappa shape index (κ1) is 28.9. The Morgan fingerprint density at radius 3 is 2.38 bits per heavy atom. The van der Waals surface area contributed by atoms with Crippen molar-refractivity contribution < 1.29 is 24.0 Å². The van der Waals surface area contributed by atoms with Crippen LogP contribution in [0.25, 0.3) is 0 Å². The second kappa shape index (κ2) is 12.9. The fourth-order valence-electron chi connectivity index (χ4n) is 6.89. The number of amides is 3. The number of hydrogen-bond donors (Lipinski definition) is 0. The molecule has 9 heteroatoms. The summed E-state index contributed by atoms with van der Waals surface area (Å²) in [5, 5.41) is 1.28. The molecule has 3 saturated heterocycles. The van der Waals surface area contributed by atoms with Crippen LogP contribution in [-0.2, 0) is 25.8 Å². The van der Waals surface area contributed by atoms with Crippen molar-refractivity contribution in [1.82, 2.24) is 19.8 Å². The first-order chi connectivity index (χ1) is 19.3. The minimum absolute atomic E-state index is 0.0347. The second-order valence-corrected chi connectivity index (χ2v) is 12.6. The topological polar surface area (TPSA) is 82.6 Å². The lowest BCUT2D eigenvalue weighted by molar-refractivity contribution is -0.271. The lowest BCUT2D eigenvalue weighted by Gasteiger charge is -2.55. The highest BCUT2D eigenvalue weighted by molar-refractivity contribution is 5.92. The number of hydroxylamine groups is 2. The van der Waals surface area contributed by atoms with Crippen molar-refractivity contribution in [2.24, 2.45) is 11.8 Å². The number of carbonyl (C=O) groups is 3. The molecule has 1 saturated carbocycles. The third kappa shape index (κ3) is 6.46. The highest BCUT2D eigenvalue weighted by Gasteiger charge is 2.54. The number of piperidine rings is 1. The molecule has 0 radical (unpaired) electrons. The minimum Gasteiger partial charge on any atom is -0.443 e. The molecule has 3 aliphatic heterocycles. The van der Waals surface area contributed by atoms with E-state index in [9.17, 15) is 14.4 Å². The van der Waals surface area contributed by atoms with Gasteiger partial charge in [-0.15, -0.1) is 0 Å². The van der Waals surface area contributed by atoms with E-state index in [0.29, 0.717) is 18.8 Å². The number of nitrogens with zero attached hydrogens (tertiary/aromatic N) is 4. The first-order valence-corrected chi connectivity index (χ1v) is 15.3. The maximum absolute atomic E-state index is 14.2. The van der Waals surface area contributed by atoms with E-state index in [2.05, 4.69) is 11.9 Å². The third-order valence-corrected chi connectivity index (χ3v) is 9.11. The van der Waals surface area contributed by atoms with Crippen molar-refractivity contribution in [3.8, 4) is 0 Å². The molecule has 1 aromatic rings. The monoisotopic (exact) mass is 554 g/mol. The molecule has 0 unspecified atom stereocenters. The van der Waals surface area contributed by atoms with Crippen LogP contribution < -0.4 is 0 Å². The Labute approximate surface area is 238 Å². The third-order valence-electron chi connectivity index (χ3n) is 9.11. The van der Waals surface area contributed by atoms with E-state index in [0.717, 1.165) is 44.3 Å². The van der Waals surface area contributed by atoms with Crippen LogP contribution in [0.3, 0.4) is 0 Å². The molecule has 1 aromatic carbocycles. The van der Waals surface area contributed by atoms with Gasteiger partial charge >= 0.3 is 6.09 Å². The van der Waals surface area contributed by atoms with E-state index in [1.54, 1.807) is 4.90 Å². The molecule has 3 atom stereocenters.